The van der Waals surface area contributed by atoms with Gasteiger partial charge in [0.2, 0.25) is 10.1 Å². The van der Waals surface area contributed by atoms with Gasteiger partial charge >= 0.3 is 12.4 Å². The topological polar surface area (TPSA) is 37.8 Å². The molecule has 0 radical (unpaired) electrons. The number of hydrogen-bond donors (Lipinski definition) is 1. The van der Waals surface area contributed by atoms with Crippen LogP contribution in [0.5, 0.6) is 0 Å². The molecule has 0 aliphatic heterocycles. The first-order chi connectivity index (χ1) is 9.18. The van der Waals surface area contributed by atoms with Crippen LogP contribution >= 0.6 is 11.3 Å². The number of aromatic nitrogens is 2. The molecule has 1 heterocycles. The monoisotopic (exact) mass is 313 g/mol. The van der Waals surface area contributed by atoms with Crippen LogP contribution in [0.25, 0.3) is 0 Å². The van der Waals surface area contributed by atoms with Crippen molar-refractivity contribution < 1.29 is 26.3 Å². The van der Waals surface area contributed by atoms with Gasteiger partial charge in [0.25, 0.3) is 0 Å². The SMILES string of the molecule is FC(F)(F)c1nnc(Nc2ccccc2C(F)(F)F)s1. The van der Waals surface area contributed by atoms with E-state index in [1.165, 1.54) is 12.1 Å². The third kappa shape index (κ3) is 3.18. The maximum absolute atomic E-state index is 12.7. The Kier molecular flexibility index (Phi) is 3.59. The van der Waals surface area contributed by atoms with Gasteiger partial charge in [0.15, 0.2) is 0 Å². The summed E-state index contributed by atoms with van der Waals surface area (Å²) in [5.41, 5.74) is -1.38. The van der Waals surface area contributed by atoms with E-state index in [0.717, 1.165) is 12.1 Å². The molecule has 0 aliphatic rings. The molecule has 0 amide bonds. The molecule has 0 saturated heterocycles. The minimum atomic E-state index is -4.68. The van der Waals surface area contributed by atoms with Crippen LogP contribution in [0.2, 0.25) is 0 Å². The summed E-state index contributed by atoms with van der Waals surface area (Å²) in [6.07, 6.45) is -9.30. The van der Waals surface area contributed by atoms with E-state index < -0.39 is 22.9 Å². The fourth-order valence-corrected chi connectivity index (χ4v) is 1.97. The van der Waals surface area contributed by atoms with Crippen molar-refractivity contribution in [1.29, 1.82) is 0 Å². The molecular formula is C10H5F6N3S. The lowest BCUT2D eigenvalue weighted by atomic mass is 10.2. The molecule has 0 bridgehead atoms. The molecular weight excluding hydrogens is 308 g/mol. The minimum Gasteiger partial charge on any atom is -0.330 e. The highest BCUT2D eigenvalue weighted by molar-refractivity contribution is 7.15. The molecule has 0 fully saturated rings. The molecule has 0 saturated carbocycles. The van der Waals surface area contributed by atoms with Crippen molar-refractivity contribution in [2.75, 3.05) is 5.32 Å². The zero-order valence-corrected chi connectivity index (χ0v) is 10.2. The van der Waals surface area contributed by atoms with E-state index in [9.17, 15) is 26.3 Å². The van der Waals surface area contributed by atoms with Crippen molar-refractivity contribution >= 4 is 22.2 Å². The van der Waals surface area contributed by atoms with Crippen LogP contribution in [-0.2, 0) is 12.4 Å². The van der Waals surface area contributed by atoms with E-state index in [-0.39, 0.29) is 22.2 Å². The number of alkyl halides is 6. The van der Waals surface area contributed by atoms with Gasteiger partial charge in [-0.1, -0.05) is 23.5 Å². The number of anilines is 2. The number of rotatable bonds is 2. The normalized spacial score (nSPS) is 12.5. The summed E-state index contributed by atoms with van der Waals surface area (Å²) in [5.74, 6) is 0. The fraction of sp³-hybridized carbons (Fsp3) is 0.200. The molecule has 0 aliphatic carbocycles. The number of nitrogens with zero attached hydrogens (tertiary/aromatic N) is 2. The smallest absolute Gasteiger partial charge is 0.330 e. The third-order valence-electron chi connectivity index (χ3n) is 2.14. The highest BCUT2D eigenvalue weighted by atomic mass is 32.1. The van der Waals surface area contributed by atoms with Crippen LogP contribution < -0.4 is 5.32 Å². The third-order valence-corrected chi connectivity index (χ3v) is 3.03. The van der Waals surface area contributed by atoms with Gasteiger partial charge in [-0.2, -0.15) is 26.3 Å². The molecule has 1 aromatic carbocycles. The second-order valence-electron chi connectivity index (χ2n) is 3.58. The van der Waals surface area contributed by atoms with Crippen LogP contribution in [0.1, 0.15) is 10.6 Å². The van der Waals surface area contributed by atoms with E-state index in [1.54, 1.807) is 0 Å². The average Bonchev–Trinajstić information content (AvgIpc) is 2.76. The standard InChI is InChI=1S/C10H5F6N3S/c11-9(12,13)5-3-1-2-4-6(5)17-8-19-18-7(20-8)10(14,15)16/h1-4H,(H,17,19). The Morgan fingerprint density at radius 2 is 1.55 bits per heavy atom. The molecule has 1 N–H and O–H groups in total. The lowest BCUT2D eigenvalue weighted by Gasteiger charge is -2.12. The second-order valence-corrected chi connectivity index (χ2v) is 4.56. The Hall–Kier alpha value is -1.84. The summed E-state index contributed by atoms with van der Waals surface area (Å²) in [7, 11) is 0. The minimum absolute atomic E-state index is 0.128. The maximum Gasteiger partial charge on any atom is 0.445 e. The van der Waals surface area contributed by atoms with Crippen LogP contribution in [0.4, 0.5) is 37.2 Å². The van der Waals surface area contributed by atoms with Gasteiger partial charge in [-0.25, -0.2) is 0 Å². The summed E-state index contributed by atoms with van der Waals surface area (Å²) >= 11 is 0.128. The van der Waals surface area contributed by atoms with Crippen molar-refractivity contribution in [2.45, 2.75) is 12.4 Å². The summed E-state index contributed by atoms with van der Waals surface area (Å²) in [6.45, 7) is 0. The molecule has 3 nitrogen and oxygen atoms in total. The van der Waals surface area contributed by atoms with Gasteiger partial charge < -0.3 is 5.32 Å². The Morgan fingerprint density at radius 1 is 0.900 bits per heavy atom. The summed E-state index contributed by atoms with van der Waals surface area (Å²) in [6, 6.07) is 4.41. The van der Waals surface area contributed by atoms with Crippen molar-refractivity contribution in [2.24, 2.45) is 0 Å². The summed E-state index contributed by atoms with van der Waals surface area (Å²) < 4.78 is 75.0. The first-order valence-corrected chi connectivity index (χ1v) is 5.83. The molecule has 10 heteroatoms. The summed E-state index contributed by atoms with van der Waals surface area (Å²) in [5, 5.41) is 6.64. The number of nitrogens with one attached hydrogen (secondary N) is 1. The highest BCUT2D eigenvalue weighted by Gasteiger charge is 2.36. The van der Waals surface area contributed by atoms with Gasteiger partial charge in [0.1, 0.15) is 0 Å². The van der Waals surface area contributed by atoms with E-state index in [0.29, 0.717) is 0 Å². The molecule has 1 aromatic heterocycles. The quantitative estimate of drug-likeness (QED) is 0.839. The Balaban J connectivity index is 2.29. The number of hydrogen-bond acceptors (Lipinski definition) is 4. The molecule has 0 spiro atoms. The first-order valence-electron chi connectivity index (χ1n) is 5.02. The summed E-state index contributed by atoms with van der Waals surface area (Å²) in [4.78, 5) is 0. The second kappa shape index (κ2) is 4.93. The number of para-hydroxylation sites is 1. The number of halogens is 6. The molecule has 0 unspecified atom stereocenters. The molecule has 2 rings (SSSR count). The largest absolute Gasteiger partial charge is 0.445 e. The number of benzene rings is 1. The molecule has 0 atom stereocenters. The molecule has 20 heavy (non-hydrogen) atoms. The van der Waals surface area contributed by atoms with Crippen molar-refractivity contribution in [3.8, 4) is 0 Å². The van der Waals surface area contributed by atoms with Gasteiger partial charge in [-0.3, -0.25) is 0 Å². The maximum atomic E-state index is 12.7. The van der Waals surface area contributed by atoms with Crippen molar-refractivity contribution in [3.63, 3.8) is 0 Å². The molecule has 2 aromatic rings. The lowest BCUT2D eigenvalue weighted by molar-refractivity contribution is -0.138. The zero-order valence-electron chi connectivity index (χ0n) is 9.38. The lowest BCUT2D eigenvalue weighted by Crippen LogP contribution is -2.08. The van der Waals surface area contributed by atoms with E-state index in [1.807, 2.05) is 0 Å². The Morgan fingerprint density at radius 3 is 2.10 bits per heavy atom. The van der Waals surface area contributed by atoms with Crippen molar-refractivity contribution in [3.05, 3.63) is 34.8 Å². The van der Waals surface area contributed by atoms with Gasteiger partial charge in [-0.05, 0) is 12.1 Å². The van der Waals surface area contributed by atoms with Gasteiger partial charge in [-0.15, -0.1) is 10.2 Å². The van der Waals surface area contributed by atoms with Crippen LogP contribution in [-0.4, -0.2) is 10.2 Å². The van der Waals surface area contributed by atoms with E-state index in [4.69, 9.17) is 0 Å². The average molecular weight is 313 g/mol. The highest BCUT2D eigenvalue weighted by Crippen LogP contribution is 2.38. The Bertz CT molecular complexity index is 604. The van der Waals surface area contributed by atoms with Crippen LogP contribution in [0.15, 0.2) is 24.3 Å². The van der Waals surface area contributed by atoms with Crippen LogP contribution in [0.3, 0.4) is 0 Å². The van der Waals surface area contributed by atoms with Gasteiger partial charge in [0, 0.05) is 0 Å². The van der Waals surface area contributed by atoms with Gasteiger partial charge in [0.05, 0.1) is 11.3 Å². The molecule has 108 valence electrons. The van der Waals surface area contributed by atoms with Crippen molar-refractivity contribution in [1.82, 2.24) is 10.2 Å². The fourth-order valence-electron chi connectivity index (χ4n) is 1.34. The predicted molar refractivity (Wildman–Crippen MR) is 59.6 cm³/mol. The van der Waals surface area contributed by atoms with Crippen LogP contribution in [0, 0.1) is 0 Å². The first kappa shape index (κ1) is 14.6. The van der Waals surface area contributed by atoms with E-state index in [2.05, 4.69) is 15.5 Å². The zero-order chi connectivity index (χ0) is 15.0. The Labute approximate surface area is 112 Å². The van der Waals surface area contributed by atoms with E-state index >= 15 is 0 Å². The predicted octanol–water partition coefficient (Wildman–Crippen LogP) is 4.32.